The van der Waals surface area contributed by atoms with Crippen molar-refractivity contribution in [3.05, 3.63) is 0 Å². The lowest BCUT2D eigenvalue weighted by molar-refractivity contribution is -0.110. The molecule has 3 unspecified atom stereocenters. The molecule has 20 heavy (non-hydrogen) atoms. The van der Waals surface area contributed by atoms with Gasteiger partial charge in [0.2, 0.25) is 0 Å². The highest BCUT2D eigenvalue weighted by Gasteiger charge is 2.44. The fourth-order valence-corrected chi connectivity index (χ4v) is 3.92. The Morgan fingerprint density at radius 2 is 2.20 bits per heavy atom. The molecule has 0 saturated carbocycles. The van der Waals surface area contributed by atoms with E-state index in [1.54, 1.807) is 0 Å². The van der Waals surface area contributed by atoms with Crippen LogP contribution in [-0.4, -0.2) is 60.0 Å². The molecule has 1 spiro atoms. The largest absolute Gasteiger partial charge is 0.409 e. The van der Waals surface area contributed by atoms with Crippen LogP contribution in [0.25, 0.3) is 0 Å². The highest BCUT2D eigenvalue weighted by Crippen LogP contribution is 2.36. The smallest absolute Gasteiger partial charge is 0.156 e. The van der Waals surface area contributed by atoms with Crippen LogP contribution in [0.4, 0.5) is 0 Å². The molecule has 0 amide bonds. The van der Waals surface area contributed by atoms with Crippen LogP contribution in [0.2, 0.25) is 0 Å². The fraction of sp³-hybridized carbons (Fsp3) is 0.929. The van der Waals surface area contributed by atoms with E-state index in [9.17, 15) is 0 Å². The molecular weight excluding hydrogens is 258 g/mol. The standard InChI is InChI=1S/C14H25N3O3/c15-13(16-18)12-3-1-2-6-17(12)11-4-7-20-14(9-11)5-8-19-10-14/h11-12,18H,1-10H2,(H2,15,16). The lowest BCUT2D eigenvalue weighted by Gasteiger charge is -2.46. The highest BCUT2D eigenvalue weighted by molar-refractivity contribution is 5.85. The fourth-order valence-electron chi connectivity index (χ4n) is 3.92. The molecule has 0 radical (unpaired) electrons. The summed E-state index contributed by atoms with van der Waals surface area (Å²) in [6.07, 6.45) is 6.34. The second kappa shape index (κ2) is 5.87. The third kappa shape index (κ3) is 2.64. The molecule has 3 aliphatic heterocycles. The van der Waals surface area contributed by atoms with E-state index >= 15 is 0 Å². The van der Waals surface area contributed by atoms with Crippen LogP contribution in [0, 0.1) is 0 Å². The van der Waals surface area contributed by atoms with Crippen molar-refractivity contribution in [3.8, 4) is 0 Å². The number of nitrogens with two attached hydrogens (primary N) is 1. The summed E-state index contributed by atoms with van der Waals surface area (Å²) in [5, 5.41) is 12.2. The molecule has 0 bridgehead atoms. The van der Waals surface area contributed by atoms with Gasteiger partial charge < -0.3 is 20.4 Å². The Bertz CT molecular complexity index is 369. The first-order valence-electron chi connectivity index (χ1n) is 7.69. The number of amidine groups is 1. The monoisotopic (exact) mass is 283 g/mol. The van der Waals surface area contributed by atoms with Crippen molar-refractivity contribution < 1.29 is 14.7 Å². The molecule has 3 saturated heterocycles. The molecule has 6 heteroatoms. The van der Waals surface area contributed by atoms with Crippen LogP contribution >= 0.6 is 0 Å². The maximum atomic E-state index is 9.00. The quantitative estimate of drug-likeness (QED) is 0.341. The van der Waals surface area contributed by atoms with Gasteiger partial charge in [-0.05, 0) is 32.2 Å². The van der Waals surface area contributed by atoms with Gasteiger partial charge in [-0.2, -0.15) is 0 Å². The molecule has 0 aromatic rings. The van der Waals surface area contributed by atoms with Crippen LogP contribution in [-0.2, 0) is 9.47 Å². The Balaban J connectivity index is 1.72. The van der Waals surface area contributed by atoms with E-state index in [-0.39, 0.29) is 11.6 Å². The van der Waals surface area contributed by atoms with Gasteiger partial charge in [0.05, 0.1) is 18.2 Å². The van der Waals surface area contributed by atoms with Crippen LogP contribution < -0.4 is 5.73 Å². The number of oxime groups is 1. The van der Waals surface area contributed by atoms with Gasteiger partial charge in [0.25, 0.3) is 0 Å². The van der Waals surface area contributed by atoms with E-state index in [4.69, 9.17) is 20.4 Å². The van der Waals surface area contributed by atoms with Crippen LogP contribution in [0.3, 0.4) is 0 Å². The van der Waals surface area contributed by atoms with Crippen molar-refractivity contribution in [2.24, 2.45) is 10.9 Å². The average molecular weight is 283 g/mol. The molecule has 3 fully saturated rings. The first kappa shape index (κ1) is 14.1. The van der Waals surface area contributed by atoms with Gasteiger partial charge in [0, 0.05) is 25.7 Å². The zero-order valence-corrected chi connectivity index (χ0v) is 12.0. The zero-order valence-electron chi connectivity index (χ0n) is 12.0. The maximum Gasteiger partial charge on any atom is 0.156 e. The molecule has 3 rings (SSSR count). The van der Waals surface area contributed by atoms with Gasteiger partial charge in [0.1, 0.15) is 0 Å². The molecule has 3 aliphatic rings. The van der Waals surface area contributed by atoms with Gasteiger partial charge in [0.15, 0.2) is 5.84 Å². The summed E-state index contributed by atoms with van der Waals surface area (Å²) in [6, 6.07) is 0.535. The summed E-state index contributed by atoms with van der Waals surface area (Å²) < 4.78 is 11.5. The van der Waals surface area contributed by atoms with E-state index in [0.717, 1.165) is 51.9 Å². The number of ether oxygens (including phenoxy) is 2. The molecule has 114 valence electrons. The Labute approximate surface area is 119 Å². The Hall–Kier alpha value is -0.850. The molecule has 3 heterocycles. The van der Waals surface area contributed by atoms with Gasteiger partial charge >= 0.3 is 0 Å². The van der Waals surface area contributed by atoms with Crippen LogP contribution in [0.1, 0.15) is 38.5 Å². The molecule has 0 aromatic heterocycles. The van der Waals surface area contributed by atoms with Gasteiger partial charge in [-0.25, -0.2) is 0 Å². The first-order valence-corrected chi connectivity index (χ1v) is 7.69. The van der Waals surface area contributed by atoms with E-state index in [2.05, 4.69) is 10.1 Å². The van der Waals surface area contributed by atoms with Crippen LogP contribution in [0.5, 0.6) is 0 Å². The maximum absolute atomic E-state index is 9.00. The predicted octanol–water partition coefficient (Wildman–Crippen LogP) is 0.925. The van der Waals surface area contributed by atoms with E-state index in [1.807, 2.05) is 0 Å². The van der Waals surface area contributed by atoms with Crippen molar-refractivity contribution in [1.82, 2.24) is 4.90 Å². The normalized spacial score (nSPS) is 40.3. The first-order chi connectivity index (χ1) is 9.74. The topological polar surface area (TPSA) is 80.3 Å². The molecule has 6 nitrogen and oxygen atoms in total. The summed E-state index contributed by atoms with van der Waals surface area (Å²) in [7, 11) is 0. The predicted molar refractivity (Wildman–Crippen MR) is 74.9 cm³/mol. The van der Waals surface area contributed by atoms with E-state index in [0.29, 0.717) is 18.5 Å². The van der Waals surface area contributed by atoms with E-state index in [1.165, 1.54) is 6.42 Å². The number of hydrogen-bond donors (Lipinski definition) is 2. The summed E-state index contributed by atoms with van der Waals surface area (Å²) in [5.41, 5.74) is 5.80. The minimum absolute atomic E-state index is 0.0798. The summed E-state index contributed by atoms with van der Waals surface area (Å²) >= 11 is 0. The minimum atomic E-state index is -0.0873. The van der Waals surface area contributed by atoms with Crippen molar-refractivity contribution in [3.63, 3.8) is 0 Å². The lowest BCUT2D eigenvalue weighted by atomic mass is 9.86. The molecular formula is C14H25N3O3. The summed E-state index contributed by atoms with van der Waals surface area (Å²) in [6.45, 7) is 3.33. The van der Waals surface area contributed by atoms with Gasteiger partial charge in [-0.1, -0.05) is 11.6 Å². The van der Waals surface area contributed by atoms with Crippen molar-refractivity contribution in [2.75, 3.05) is 26.4 Å². The Morgan fingerprint density at radius 3 is 2.95 bits per heavy atom. The van der Waals surface area contributed by atoms with Crippen molar-refractivity contribution in [2.45, 2.75) is 56.2 Å². The van der Waals surface area contributed by atoms with Crippen molar-refractivity contribution >= 4 is 5.84 Å². The zero-order chi connectivity index (χ0) is 14.0. The molecule has 0 aliphatic carbocycles. The number of hydrogen-bond acceptors (Lipinski definition) is 5. The van der Waals surface area contributed by atoms with Gasteiger partial charge in [-0.3, -0.25) is 4.90 Å². The number of likely N-dealkylation sites (tertiary alicyclic amines) is 1. The second-order valence-corrected chi connectivity index (χ2v) is 6.25. The SMILES string of the molecule is NC(=NO)C1CCCCN1C1CCOC2(CCOC2)C1. The summed E-state index contributed by atoms with van der Waals surface area (Å²) in [4.78, 5) is 2.43. The molecule has 3 N–H and O–H groups in total. The second-order valence-electron chi connectivity index (χ2n) is 6.25. The molecule has 3 atom stereocenters. The lowest BCUT2D eigenvalue weighted by Crippen LogP contribution is -2.56. The average Bonchev–Trinajstić information content (AvgIpc) is 2.94. The third-order valence-corrected chi connectivity index (χ3v) is 5.00. The number of nitrogens with zero attached hydrogens (tertiary/aromatic N) is 2. The molecule has 0 aromatic carbocycles. The Kier molecular flexibility index (Phi) is 4.14. The third-order valence-electron chi connectivity index (χ3n) is 5.00. The number of rotatable bonds is 2. The van der Waals surface area contributed by atoms with Crippen LogP contribution in [0.15, 0.2) is 5.16 Å². The minimum Gasteiger partial charge on any atom is -0.409 e. The van der Waals surface area contributed by atoms with Crippen molar-refractivity contribution in [1.29, 1.82) is 0 Å². The van der Waals surface area contributed by atoms with Gasteiger partial charge in [-0.15, -0.1) is 0 Å². The van der Waals surface area contributed by atoms with E-state index < -0.39 is 0 Å². The number of piperidine rings is 1. The summed E-state index contributed by atoms with van der Waals surface area (Å²) in [5.74, 6) is 0.355. The Morgan fingerprint density at radius 1 is 1.30 bits per heavy atom. The highest BCUT2D eigenvalue weighted by atomic mass is 16.6.